The predicted octanol–water partition coefficient (Wildman–Crippen LogP) is 3.06. The minimum Gasteiger partial charge on any atom is -0.326 e. The molecule has 0 bridgehead atoms. The lowest BCUT2D eigenvalue weighted by atomic mass is 10.1. The molecule has 20 heavy (non-hydrogen) atoms. The van der Waals surface area contributed by atoms with Gasteiger partial charge in [-0.3, -0.25) is 4.90 Å². The van der Waals surface area contributed by atoms with Crippen LogP contribution in [0.25, 0.3) is 0 Å². The Morgan fingerprint density at radius 3 is 2.35 bits per heavy atom. The highest BCUT2D eigenvalue weighted by molar-refractivity contribution is 5.28. The number of benzene rings is 2. The third-order valence-electron chi connectivity index (χ3n) is 3.23. The normalized spacial score (nSPS) is 11.1. The summed E-state index contributed by atoms with van der Waals surface area (Å²) in [6.45, 7) is 1.36. The van der Waals surface area contributed by atoms with Gasteiger partial charge in [0.25, 0.3) is 0 Å². The Hall–Kier alpha value is -1.78. The van der Waals surface area contributed by atoms with Crippen LogP contribution in [-0.4, -0.2) is 11.9 Å². The fraction of sp³-hybridized carbons (Fsp3) is 0.250. The van der Waals surface area contributed by atoms with Gasteiger partial charge in [-0.15, -0.1) is 0 Å². The smallest absolute Gasteiger partial charge is 0.127 e. The van der Waals surface area contributed by atoms with E-state index in [9.17, 15) is 8.78 Å². The van der Waals surface area contributed by atoms with Gasteiger partial charge >= 0.3 is 0 Å². The second-order valence-electron chi connectivity index (χ2n) is 4.88. The zero-order valence-corrected chi connectivity index (χ0v) is 11.4. The number of hydrogen-bond donors (Lipinski definition) is 1. The van der Waals surface area contributed by atoms with Gasteiger partial charge in [-0.25, -0.2) is 8.78 Å². The van der Waals surface area contributed by atoms with Crippen molar-refractivity contribution in [3.05, 3.63) is 70.8 Å². The molecule has 0 saturated carbocycles. The van der Waals surface area contributed by atoms with Crippen molar-refractivity contribution in [1.82, 2.24) is 4.90 Å². The molecule has 0 aliphatic carbocycles. The Morgan fingerprint density at radius 1 is 0.950 bits per heavy atom. The van der Waals surface area contributed by atoms with Crippen LogP contribution in [0.3, 0.4) is 0 Å². The van der Waals surface area contributed by atoms with E-state index in [1.54, 1.807) is 24.3 Å². The first kappa shape index (κ1) is 14.6. The first-order valence-electron chi connectivity index (χ1n) is 6.49. The summed E-state index contributed by atoms with van der Waals surface area (Å²) in [6.07, 6.45) is 0. The molecular weight excluding hydrogens is 258 g/mol. The Balaban J connectivity index is 2.10. The molecule has 0 saturated heterocycles. The maximum absolute atomic E-state index is 13.6. The zero-order valence-electron chi connectivity index (χ0n) is 11.4. The van der Waals surface area contributed by atoms with Gasteiger partial charge in [0.2, 0.25) is 0 Å². The van der Waals surface area contributed by atoms with Crippen molar-refractivity contribution < 1.29 is 8.78 Å². The van der Waals surface area contributed by atoms with Crippen LogP contribution in [0.4, 0.5) is 8.78 Å². The van der Waals surface area contributed by atoms with Gasteiger partial charge in [0.05, 0.1) is 0 Å². The minimum atomic E-state index is -0.281. The van der Waals surface area contributed by atoms with Crippen molar-refractivity contribution >= 4 is 0 Å². The minimum absolute atomic E-state index is 0.224. The summed E-state index contributed by atoms with van der Waals surface area (Å²) in [5.41, 5.74) is 8.03. The second-order valence-corrected chi connectivity index (χ2v) is 4.88. The molecule has 0 fully saturated rings. The van der Waals surface area contributed by atoms with Crippen molar-refractivity contribution in [3.8, 4) is 0 Å². The molecule has 2 aromatic carbocycles. The van der Waals surface area contributed by atoms with Crippen molar-refractivity contribution in [2.24, 2.45) is 5.73 Å². The highest BCUT2D eigenvalue weighted by Gasteiger charge is 2.09. The van der Waals surface area contributed by atoms with E-state index >= 15 is 0 Å². The van der Waals surface area contributed by atoms with Gasteiger partial charge in [0.15, 0.2) is 0 Å². The SMILES string of the molecule is CN(Cc1ccccc1F)Cc1cc(F)ccc1CN. The molecule has 2 nitrogen and oxygen atoms in total. The predicted molar refractivity (Wildman–Crippen MR) is 75.9 cm³/mol. The maximum atomic E-state index is 13.6. The monoisotopic (exact) mass is 276 g/mol. The number of halogens is 2. The highest BCUT2D eigenvalue weighted by Crippen LogP contribution is 2.15. The quantitative estimate of drug-likeness (QED) is 0.909. The van der Waals surface area contributed by atoms with Gasteiger partial charge in [-0.1, -0.05) is 24.3 Å². The third-order valence-corrected chi connectivity index (χ3v) is 3.23. The Labute approximate surface area is 117 Å². The summed E-state index contributed by atoms with van der Waals surface area (Å²) in [7, 11) is 1.87. The molecule has 0 radical (unpaired) electrons. The van der Waals surface area contributed by atoms with Crippen LogP contribution in [0.2, 0.25) is 0 Å². The molecule has 0 heterocycles. The molecule has 0 aromatic heterocycles. The van der Waals surface area contributed by atoms with E-state index < -0.39 is 0 Å². The van der Waals surface area contributed by atoms with E-state index in [1.165, 1.54) is 18.2 Å². The van der Waals surface area contributed by atoms with E-state index in [2.05, 4.69) is 0 Å². The lowest BCUT2D eigenvalue weighted by Gasteiger charge is -2.19. The summed E-state index contributed by atoms with van der Waals surface area (Å²) >= 11 is 0. The third kappa shape index (κ3) is 3.62. The summed E-state index contributed by atoms with van der Waals surface area (Å²) in [5.74, 6) is -0.505. The summed E-state index contributed by atoms with van der Waals surface area (Å²) in [4.78, 5) is 1.94. The molecule has 0 amide bonds. The van der Waals surface area contributed by atoms with Crippen molar-refractivity contribution in [3.63, 3.8) is 0 Å². The van der Waals surface area contributed by atoms with Crippen molar-refractivity contribution in [1.29, 1.82) is 0 Å². The number of hydrogen-bond acceptors (Lipinski definition) is 2. The second kappa shape index (κ2) is 6.59. The van der Waals surface area contributed by atoms with Crippen LogP contribution in [0, 0.1) is 11.6 Å². The summed E-state index contributed by atoms with van der Waals surface area (Å²) < 4.78 is 26.9. The standard InChI is InChI=1S/C16H18F2N2/c1-20(10-13-4-2-3-5-16(13)18)11-14-8-15(17)7-6-12(14)9-19/h2-8H,9-11,19H2,1H3. The molecule has 2 rings (SSSR count). The molecule has 106 valence electrons. The van der Waals surface area contributed by atoms with E-state index in [-0.39, 0.29) is 11.6 Å². The first-order valence-corrected chi connectivity index (χ1v) is 6.49. The molecule has 0 spiro atoms. The fourth-order valence-corrected chi connectivity index (χ4v) is 2.20. The highest BCUT2D eigenvalue weighted by atomic mass is 19.1. The van der Waals surface area contributed by atoms with E-state index in [1.807, 2.05) is 11.9 Å². The van der Waals surface area contributed by atoms with Crippen molar-refractivity contribution in [2.45, 2.75) is 19.6 Å². The summed E-state index contributed by atoms with van der Waals surface area (Å²) in [6, 6.07) is 11.2. The van der Waals surface area contributed by atoms with Crippen LogP contribution >= 0.6 is 0 Å². The zero-order chi connectivity index (χ0) is 14.5. The summed E-state index contributed by atoms with van der Waals surface area (Å²) in [5, 5.41) is 0. The number of nitrogens with two attached hydrogens (primary N) is 1. The van der Waals surface area contributed by atoms with Crippen molar-refractivity contribution in [2.75, 3.05) is 7.05 Å². The first-order chi connectivity index (χ1) is 9.60. The van der Waals surface area contributed by atoms with E-state index in [4.69, 9.17) is 5.73 Å². The Bertz CT molecular complexity index is 584. The van der Waals surface area contributed by atoms with Crippen LogP contribution < -0.4 is 5.73 Å². The maximum Gasteiger partial charge on any atom is 0.127 e. The average Bonchev–Trinajstić information content (AvgIpc) is 2.41. The molecule has 0 aliphatic heterocycles. The topological polar surface area (TPSA) is 29.3 Å². The molecule has 2 N–H and O–H groups in total. The van der Waals surface area contributed by atoms with E-state index in [0.29, 0.717) is 25.2 Å². The Kier molecular flexibility index (Phi) is 4.82. The van der Waals surface area contributed by atoms with Gasteiger partial charge in [-0.2, -0.15) is 0 Å². The number of nitrogens with zero attached hydrogens (tertiary/aromatic N) is 1. The Morgan fingerprint density at radius 2 is 1.65 bits per heavy atom. The van der Waals surface area contributed by atoms with Gasteiger partial charge < -0.3 is 5.73 Å². The largest absolute Gasteiger partial charge is 0.326 e. The molecule has 0 aliphatic rings. The molecule has 0 atom stereocenters. The van der Waals surface area contributed by atoms with E-state index in [0.717, 1.165) is 11.1 Å². The average molecular weight is 276 g/mol. The lowest BCUT2D eigenvalue weighted by molar-refractivity contribution is 0.312. The van der Waals surface area contributed by atoms with Crippen LogP contribution in [0.15, 0.2) is 42.5 Å². The van der Waals surface area contributed by atoms with Crippen LogP contribution in [0.1, 0.15) is 16.7 Å². The molecule has 2 aromatic rings. The van der Waals surface area contributed by atoms with Gasteiger partial charge in [0, 0.05) is 25.2 Å². The lowest BCUT2D eigenvalue weighted by Crippen LogP contribution is -2.19. The van der Waals surface area contributed by atoms with Crippen LogP contribution in [-0.2, 0) is 19.6 Å². The number of rotatable bonds is 5. The fourth-order valence-electron chi connectivity index (χ4n) is 2.20. The van der Waals surface area contributed by atoms with Gasteiger partial charge in [-0.05, 0) is 36.4 Å². The van der Waals surface area contributed by atoms with Crippen LogP contribution in [0.5, 0.6) is 0 Å². The molecule has 4 heteroatoms. The molecular formula is C16H18F2N2. The molecule has 0 unspecified atom stereocenters. The van der Waals surface area contributed by atoms with Gasteiger partial charge in [0.1, 0.15) is 11.6 Å².